The maximum atomic E-state index is 12.1. The van der Waals surface area contributed by atoms with Gasteiger partial charge < -0.3 is 5.32 Å². The van der Waals surface area contributed by atoms with Crippen LogP contribution in [0.4, 0.5) is 16.4 Å². The minimum atomic E-state index is -0.342. The first-order valence-corrected chi connectivity index (χ1v) is 6.59. The van der Waals surface area contributed by atoms with Gasteiger partial charge in [0.2, 0.25) is 5.95 Å². The number of anilines is 2. The van der Waals surface area contributed by atoms with E-state index in [-0.39, 0.29) is 6.03 Å². The van der Waals surface area contributed by atoms with E-state index in [9.17, 15) is 4.79 Å². The number of aromatic nitrogens is 3. The Morgan fingerprint density at radius 1 is 1.00 bits per heavy atom. The molecule has 3 rings (SSSR count). The molecule has 0 unspecified atom stereocenters. The summed E-state index contributed by atoms with van der Waals surface area (Å²) < 4.78 is 1.71. The zero-order valence-electron chi connectivity index (χ0n) is 11.8. The highest BCUT2D eigenvalue weighted by Crippen LogP contribution is 2.19. The molecule has 0 aliphatic heterocycles. The van der Waals surface area contributed by atoms with E-state index in [1.165, 1.54) is 0 Å². The number of hydrogen-bond acceptors (Lipinski definition) is 3. The van der Waals surface area contributed by atoms with Crippen LogP contribution in [-0.4, -0.2) is 20.6 Å². The zero-order chi connectivity index (χ0) is 14.8. The van der Waals surface area contributed by atoms with E-state index < -0.39 is 0 Å². The Labute approximate surface area is 121 Å². The van der Waals surface area contributed by atoms with Crippen LogP contribution in [0.15, 0.2) is 42.6 Å². The van der Waals surface area contributed by atoms with Crippen LogP contribution in [-0.2, 0) is 0 Å². The van der Waals surface area contributed by atoms with E-state index in [4.69, 9.17) is 0 Å². The van der Waals surface area contributed by atoms with Gasteiger partial charge in [0, 0.05) is 11.9 Å². The number of rotatable bonds is 2. The molecular formula is C15H15N5O. The molecular weight excluding hydrogens is 266 g/mol. The van der Waals surface area contributed by atoms with Gasteiger partial charge in [-0.05, 0) is 37.1 Å². The van der Waals surface area contributed by atoms with Crippen LogP contribution in [0, 0.1) is 13.8 Å². The topological polar surface area (TPSA) is 71.3 Å². The van der Waals surface area contributed by atoms with Gasteiger partial charge in [0.15, 0.2) is 5.65 Å². The molecule has 0 fully saturated rings. The van der Waals surface area contributed by atoms with Crippen LogP contribution in [0.25, 0.3) is 5.65 Å². The third-order valence-corrected chi connectivity index (χ3v) is 3.26. The average molecular weight is 281 g/mol. The maximum Gasteiger partial charge on any atom is 0.326 e. The molecule has 0 spiro atoms. The first kappa shape index (κ1) is 13.1. The number of fused-ring (bicyclic) bond motifs is 1. The second kappa shape index (κ2) is 5.24. The summed E-state index contributed by atoms with van der Waals surface area (Å²) in [6.07, 6.45) is 1.80. The lowest BCUT2D eigenvalue weighted by Gasteiger charge is -2.11. The summed E-state index contributed by atoms with van der Waals surface area (Å²) in [5.74, 6) is 0.384. The molecule has 0 saturated carbocycles. The van der Waals surface area contributed by atoms with Gasteiger partial charge in [-0.2, -0.15) is 0 Å². The second-order valence-electron chi connectivity index (χ2n) is 4.80. The number of urea groups is 1. The van der Waals surface area contributed by atoms with Crippen LogP contribution in [0.1, 0.15) is 11.1 Å². The first-order valence-electron chi connectivity index (χ1n) is 6.59. The summed E-state index contributed by atoms with van der Waals surface area (Å²) in [7, 11) is 0. The number of amides is 2. The fourth-order valence-corrected chi connectivity index (χ4v) is 2.18. The number of carbonyl (C=O) groups excluding carboxylic acids is 1. The molecule has 2 amide bonds. The first-order chi connectivity index (χ1) is 10.1. The number of aryl methyl sites for hydroxylation is 2. The van der Waals surface area contributed by atoms with Crippen molar-refractivity contribution in [2.24, 2.45) is 0 Å². The third kappa shape index (κ3) is 2.55. The van der Waals surface area contributed by atoms with Crippen molar-refractivity contribution in [3.63, 3.8) is 0 Å². The summed E-state index contributed by atoms with van der Waals surface area (Å²) in [4.78, 5) is 12.1. The minimum absolute atomic E-state index is 0.342. The predicted octanol–water partition coefficient (Wildman–Crippen LogP) is 2.99. The van der Waals surface area contributed by atoms with Gasteiger partial charge in [0.1, 0.15) is 0 Å². The van der Waals surface area contributed by atoms with Gasteiger partial charge in [-0.25, -0.2) is 4.79 Å². The van der Waals surface area contributed by atoms with Crippen LogP contribution in [0.3, 0.4) is 0 Å². The number of nitrogens with zero attached hydrogens (tertiary/aromatic N) is 3. The highest BCUT2D eigenvalue weighted by Gasteiger charge is 2.10. The summed E-state index contributed by atoms with van der Waals surface area (Å²) in [6.45, 7) is 3.91. The molecule has 0 atom stereocenters. The summed E-state index contributed by atoms with van der Waals surface area (Å²) in [5.41, 5.74) is 3.51. The Morgan fingerprint density at radius 2 is 1.76 bits per heavy atom. The van der Waals surface area contributed by atoms with Gasteiger partial charge in [0.05, 0.1) is 0 Å². The fourth-order valence-electron chi connectivity index (χ4n) is 2.18. The molecule has 0 saturated heterocycles. The Hall–Kier alpha value is -2.89. The minimum Gasteiger partial charge on any atom is -0.307 e. The molecule has 0 aliphatic rings. The SMILES string of the molecule is Cc1cccc(C)c1NC(=O)Nc1nnc2ccccn12. The van der Waals surface area contributed by atoms with Crippen molar-refractivity contribution < 1.29 is 4.79 Å². The molecule has 0 bridgehead atoms. The van der Waals surface area contributed by atoms with Gasteiger partial charge in [-0.1, -0.05) is 24.3 Å². The van der Waals surface area contributed by atoms with Crippen LogP contribution in [0.2, 0.25) is 0 Å². The average Bonchev–Trinajstić information content (AvgIpc) is 2.87. The molecule has 0 aliphatic carbocycles. The molecule has 2 aromatic heterocycles. The molecule has 2 heterocycles. The van der Waals surface area contributed by atoms with E-state index >= 15 is 0 Å². The summed E-state index contributed by atoms with van der Waals surface area (Å²) in [6, 6.07) is 11.1. The lowest BCUT2D eigenvalue weighted by atomic mass is 10.1. The Bertz CT molecular complexity index is 788. The number of nitrogens with one attached hydrogen (secondary N) is 2. The molecule has 2 N–H and O–H groups in total. The van der Waals surface area contributed by atoms with Crippen LogP contribution < -0.4 is 10.6 Å². The Balaban J connectivity index is 1.81. The largest absolute Gasteiger partial charge is 0.326 e. The molecule has 106 valence electrons. The van der Waals surface area contributed by atoms with E-state index in [1.54, 1.807) is 10.6 Å². The van der Waals surface area contributed by atoms with Crippen molar-refractivity contribution in [2.45, 2.75) is 13.8 Å². The fraction of sp³-hybridized carbons (Fsp3) is 0.133. The van der Waals surface area contributed by atoms with Gasteiger partial charge >= 0.3 is 6.03 Å². The predicted molar refractivity (Wildman–Crippen MR) is 81.5 cm³/mol. The standard InChI is InChI=1S/C15H15N5O/c1-10-6-5-7-11(2)13(10)16-15(21)17-14-19-18-12-8-3-4-9-20(12)14/h3-9H,1-2H3,(H2,16,17,19,21). The molecule has 6 nitrogen and oxygen atoms in total. The van der Waals surface area contributed by atoms with Crippen molar-refractivity contribution in [1.82, 2.24) is 14.6 Å². The smallest absolute Gasteiger partial charge is 0.307 e. The maximum absolute atomic E-state index is 12.1. The number of carbonyl (C=O) groups is 1. The summed E-state index contributed by atoms with van der Waals surface area (Å²) >= 11 is 0. The number of para-hydroxylation sites is 1. The van der Waals surface area contributed by atoms with Crippen LogP contribution in [0.5, 0.6) is 0 Å². The second-order valence-corrected chi connectivity index (χ2v) is 4.80. The van der Waals surface area contributed by atoms with Crippen molar-refractivity contribution in [2.75, 3.05) is 10.6 Å². The highest BCUT2D eigenvalue weighted by molar-refractivity contribution is 5.99. The Morgan fingerprint density at radius 3 is 2.52 bits per heavy atom. The number of pyridine rings is 1. The normalized spacial score (nSPS) is 10.6. The molecule has 0 radical (unpaired) electrons. The molecule has 6 heteroatoms. The van der Waals surface area contributed by atoms with Gasteiger partial charge in [-0.15, -0.1) is 10.2 Å². The van der Waals surface area contributed by atoms with E-state index in [2.05, 4.69) is 20.8 Å². The summed E-state index contributed by atoms with van der Waals surface area (Å²) in [5, 5.41) is 13.5. The number of benzene rings is 1. The zero-order valence-corrected chi connectivity index (χ0v) is 11.8. The van der Waals surface area contributed by atoms with Crippen molar-refractivity contribution in [3.05, 3.63) is 53.7 Å². The van der Waals surface area contributed by atoms with Crippen LogP contribution >= 0.6 is 0 Å². The van der Waals surface area contributed by atoms with Gasteiger partial charge in [-0.3, -0.25) is 9.72 Å². The van der Waals surface area contributed by atoms with E-state index in [0.717, 1.165) is 16.8 Å². The third-order valence-electron chi connectivity index (χ3n) is 3.26. The van der Waals surface area contributed by atoms with E-state index in [0.29, 0.717) is 11.6 Å². The Kier molecular flexibility index (Phi) is 3.27. The molecule has 3 aromatic rings. The lowest BCUT2D eigenvalue weighted by molar-refractivity contribution is 0.262. The monoisotopic (exact) mass is 281 g/mol. The van der Waals surface area contributed by atoms with Crippen molar-refractivity contribution in [1.29, 1.82) is 0 Å². The quantitative estimate of drug-likeness (QED) is 0.758. The molecule has 21 heavy (non-hydrogen) atoms. The lowest BCUT2D eigenvalue weighted by Crippen LogP contribution is -2.22. The van der Waals surface area contributed by atoms with Crippen molar-refractivity contribution in [3.8, 4) is 0 Å². The highest BCUT2D eigenvalue weighted by atomic mass is 16.2. The van der Waals surface area contributed by atoms with E-state index in [1.807, 2.05) is 50.2 Å². The van der Waals surface area contributed by atoms with Crippen molar-refractivity contribution >= 4 is 23.3 Å². The number of hydrogen-bond donors (Lipinski definition) is 2. The van der Waals surface area contributed by atoms with Gasteiger partial charge in [0.25, 0.3) is 0 Å². The molecule has 1 aromatic carbocycles.